The Labute approximate surface area is 94.0 Å². The predicted molar refractivity (Wildman–Crippen MR) is 63.1 cm³/mol. The van der Waals surface area contributed by atoms with Gasteiger partial charge in [0.1, 0.15) is 11.5 Å². The van der Waals surface area contributed by atoms with Gasteiger partial charge in [-0.15, -0.1) is 11.3 Å². The van der Waals surface area contributed by atoms with Gasteiger partial charge in [-0.25, -0.2) is 4.98 Å². The Hall–Kier alpha value is -1.09. The fraction of sp³-hybridized carbons (Fsp3) is 0.417. The van der Waals surface area contributed by atoms with Gasteiger partial charge in [0, 0.05) is 11.8 Å². The highest BCUT2D eigenvalue weighted by atomic mass is 32.1. The molecule has 0 bridgehead atoms. The Kier molecular flexibility index (Phi) is 2.91. The van der Waals surface area contributed by atoms with E-state index in [1.165, 1.54) is 5.01 Å². The van der Waals surface area contributed by atoms with Crippen molar-refractivity contribution in [1.82, 2.24) is 4.98 Å². The van der Waals surface area contributed by atoms with E-state index in [0.29, 0.717) is 5.92 Å². The lowest BCUT2D eigenvalue weighted by atomic mass is 10.1. The standard InChI is InChI=1S/C12H15NOS/c1-8(2)6-12-13-10(7-15-12)11-5-4-9(3)14-11/h4-5,7-8H,6H2,1-3H3. The average molecular weight is 221 g/mol. The Morgan fingerprint density at radius 3 is 2.80 bits per heavy atom. The molecule has 0 aromatic carbocycles. The molecule has 0 radical (unpaired) electrons. The second-order valence-electron chi connectivity index (χ2n) is 4.13. The highest BCUT2D eigenvalue weighted by Crippen LogP contribution is 2.24. The molecule has 2 aromatic rings. The highest BCUT2D eigenvalue weighted by Gasteiger charge is 2.08. The van der Waals surface area contributed by atoms with E-state index in [4.69, 9.17) is 4.42 Å². The number of aryl methyl sites for hydroxylation is 1. The maximum absolute atomic E-state index is 5.53. The van der Waals surface area contributed by atoms with E-state index < -0.39 is 0 Å². The molecule has 0 unspecified atom stereocenters. The molecule has 2 rings (SSSR count). The van der Waals surface area contributed by atoms with Crippen LogP contribution in [0.25, 0.3) is 11.5 Å². The van der Waals surface area contributed by atoms with Gasteiger partial charge in [0.15, 0.2) is 5.76 Å². The van der Waals surface area contributed by atoms with Crippen molar-refractivity contribution in [3.8, 4) is 11.5 Å². The molecule has 0 spiro atoms. The van der Waals surface area contributed by atoms with Crippen LogP contribution in [0.5, 0.6) is 0 Å². The van der Waals surface area contributed by atoms with E-state index in [-0.39, 0.29) is 0 Å². The molecule has 0 atom stereocenters. The van der Waals surface area contributed by atoms with Gasteiger partial charge in [-0.2, -0.15) is 0 Å². The van der Waals surface area contributed by atoms with E-state index in [2.05, 4.69) is 24.2 Å². The van der Waals surface area contributed by atoms with Crippen LogP contribution < -0.4 is 0 Å². The van der Waals surface area contributed by atoms with Gasteiger partial charge in [-0.1, -0.05) is 13.8 Å². The van der Waals surface area contributed by atoms with Crippen LogP contribution in [-0.4, -0.2) is 4.98 Å². The minimum atomic E-state index is 0.655. The maximum Gasteiger partial charge on any atom is 0.153 e. The molecule has 3 heteroatoms. The van der Waals surface area contributed by atoms with Crippen LogP contribution in [0.3, 0.4) is 0 Å². The second kappa shape index (κ2) is 4.19. The minimum Gasteiger partial charge on any atom is -0.460 e. The van der Waals surface area contributed by atoms with Crippen LogP contribution >= 0.6 is 11.3 Å². The van der Waals surface area contributed by atoms with Crippen molar-refractivity contribution in [2.24, 2.45) is 5.92 Å². The number of nitrogens with zero attached hydrogens (tertiary/aromatic N) is 1. The lowest BCUT2D eigenvalue weighted by molar-refractivity contribution is 0.546. The maximum atomic E-state index is 5.53. The molecule has 0 fully saturated rings. The van der Waals surface area contributed by atoms with E-state index in [9.17, 15) is 0 Å². The summed E-state index contributed by atoms with van der Waals surface area (Å²) in [6.45, 7) is 6.36. The lowest BCUT2D eigenvalue weighted by Crippen LogP contribution is -1.92. The molecule has 0 aliphatic heterocycles. The van der Waals surface area contributed by atoms with Crippen LogP contribution in [0.2, 0.25) is 0 Å². The van der Waals surface area contributed by atoms with E-state index in [1.54, 1.807) is 11.3 Å². The van der Waals surface area contributed by atoms with Gasteiger partial charge < -0.3 is 4.42 Å². The summed E-state index contributed by atoms with van der Waals surface area (Å²) in [5.74, 6) is 2.46. The van der Waals surface area contributed by atoms with E-state index in [0.717, 1.165) is 23.6 Å². The summed E-state index contributed by atoms with van der Waals surface area (Å²) < 4.78 is 5.53. The van der Waals surface area contributed by atoms with Crippen molar-refractivity contribution in [1.29, 1.82) is 0 Å². The third-order valence-electron chi connectivity index (χ3n) is 2.13. The molecule has 2 aromatic heterocycles. The van der Waals surface area contributed by atoms with Gasteiger partial charge in [-0.05, 0) is 25.0 Å². The van der Waals surface area contributed by atoms with Gasteiger partial charge >= 0.3 is 0 Å². The van der Waals surface area contributed by atoms with Crippen molar-refractivity contribution in [2.45, 2.75) is 27.2 Å². The number of aromatic nitrogens is 1. The monoisotopic (exact) mass is 221 g/mol. The lowest BCUT2D eigenvalue weighted by Gasteiger charge is -1.98. The fourth-order valence-electron chi connectivity index (χ4n) is 1.44. The number of thiazole rings is 1. The molecule has 0 aliphatic carbocycles. The summed E-state index contributed by atoms with van der Waals surface area (Å²) in [6, 6.07) is 3.94. The van der Waals surface area contributed by atoms with Crippen LogP contribution in [0.4, 0.5) is 0 Å². The number of rotatable bonds is 3. The molecular formula is C12H15NOS. The topological polar surface area (TPSA) is 26.0 Å². The van der Waals surface area contributed by atoms with E-state index in [1.807, 2.05) is 19.1 Å². The molecular weight excluding hydrogens is 206 g/mol. The molecule has 80 valence electrons. The summed E-state index contributed by atoms with van der Waals surface area (Å²) >= 11 is 1.71. The van der Waals surface area contributed by atoms with Crippen LogP contribution in [0.15, 0.2) is 21.9 Å². The van der Waals surface area contributed by atoms with Gasteiger partial charge in [0.05, 0.1) is 5.01 Å². The number of furan rings is 1. The summed E-state index contributed by atoms with van der Waals surface area (Å²) in [4.78, 5) is 4.56. The largest absolute Gasteiger partial charge is 0.460 e. The molecule has 2 heterocycles. The molecule has 15 heavy (non-hydrogen) atoms. The summed E-state index contributed by atoms with van der Waals surface area (Å²) in [5, 5.41) is 3.25. The first-order chi connectivity index (χ1) is 7.15. The molecule has 0 saturated carbocycles. The SMILES string of the molecule is Cc1ccc(-c2csc(CC(C)C)n2)o1. The highest BCUT2D eigenvalue weighted by molar-refractivity contribution is 7.09. The van der Waals surface area contributed by atoms with Crippen molar-refractivity contribution in [2.75, 3.05) is 0 Å². The number of hydrogen-bond donors (Lipinski definition) is 0. The predicted octanol–water partition coefficient (Wildman–Crippen LogP) is 3.91. The first kappa shape index (κ1) is 10.4. The van der Waals surface area contributed by atoms with E-state index >= 15 is 0 Å². The first-order valence-corrected chi connectivity index (χ1v) is 6.04. The summed E-state index contributed by atoms with van der Waals surface area (Å²) in [5.41, 5.74) is 0.962. The summed E-state index contributed by atoms with van der Waals surface area (Å²) in [6.07, 6.45) is 1.05. The Bertz CT molecular complexity index is 442. The molecule has 2 nitrogen and oxygen atoms in total. The van der Waals surface area contributed by atoms with Crippen LogP contribution in [0.1, 0.15) is 24.6 Å². The van der Waals surface area contributed by atoms with Crippen molar-refractivity contribution < 1.29 is 4.42 Å². The van der Waals surface area contributed by atoms with Gasteiger partial charge in [-0.3, -0.25) is 0 Å². The Morgan fingerprint density at radius 2 is 2.20 bits per heavy atom. The van der Waals surface area contributed by atoms with Crippen molar-refractivity contribution >= 4 is 11.3 Å². The van der Waals surface area contributed by atoms with Crippen molar-refractivity contribution in [3.05, 3.63) is 28.3 Å². The molecule has 0 amide bonds. The van der Waals surface area contributed by atoms with Crippen LogP contribution in [0, 0.1) is 12.8 Å². The van der Waals surface area contributed by atoms with Gasteiger partial charge in [0.25, 0.3) is 0 Å². The molecule has 0 aliphatic rings. The summed E-state index contributed by atoms with van der Waals surface area (Å²) in [7, 11) is 0. The smallest absolute Gasteiger partial charge is 0.153 e. The minimum absolute atomic E-state index is 0.655. The zero-order chi connectivity index (χ0) is 10.8. The second-order valence-corrected chi connectivity index (χ2v) is 5.08. The number of hydrogen-bond acceptors (Lipinski definition) is 3. The molecule has 0 N–H and O–H groups in total. The first-order valence-electron chi connectivity index (χ1n) is 5.16. The third-order valence-corrected chi connectivity index (χ3v) is 3.00. The Balaban J connectivity index is 2.20. The third kappa shape index (κ3) is 2.48. The normalized spacial score (nSPS) is 11.2. The molecule has 0 saturated heterocycles. The van der Waals surface area contributed by atoms with Gasteiger partial charge in [0.2, 0.25) is 0 Å². The quantitative estimate of drug-likeness (QED) is 0.785. The zero-order valence-electron chi connectivity index (χ0n) is 9.28. The van der Waals surface area contributed by atoms with Crippen molar-refractivity contribution in [3.63, 3.8) is 0 Å². The van der Waals surface area contributed by atoms with Crippen LogP contribution in [-0.2, 0) is 6.42 Å². The zero-order valence-corrected chi connectivity index (χ0v) is 10.1. The Morgan fingerprint density at radius 1 is 1.40 bits per heavy atom. The average Bonchev–Trinajstić information content (AvgIpc) is 2.72. The fourth-order valence-corrected chi connectivity index (χ4v) is 2.44.